The van der Waals surface area contributed by atoms with Crippen LogP contribution in [0, 0.1) is 5.92 Å². The normalized spacial score (nSPS) is 16.9. The van der Waals surface area contributed by atoms with Crippen LogP contribution in [0.2, 0.25) is 0 Å². The van der Waals surface area contributed by atoms with E-state index in [1.54, 1.807) is 0 Å². The van der Waals surface area contributed by atoms with Crippen LogP contribution in [-0.2, 0) is 16.0 Å². The van der Waals surface area contributed by atoms with E-state index >= 15 is 0 Å². The number of piperidine rings is 1. The molecule has 1 heterocycles. The Labute approximate surface area is 155 Å². The van der Waals surface area contributed by atoms with Gasteiger partial charge in [0, 0.05) is 25.2 Å². The fraction of sp³-hybridized carbons (Fsp3) is 0.364. The lowest BCUT2D eigenvalue weighted by molar-refractivity contribution is -0.134. The molecular formula is C22H26N2O2. The van der Waals surface area contributed by atoms with Gasteiger partial charge in [-0.1, -0.05) is 48.5 Å². The monoisotopic (exact) mass is 350 g/mol. The number of carbonyl (C=O) groups is 2. The van der Waals surface area contributed by atoms with Crippen LogP contribution >= 0.6 is 0 Å². The molecule has 0 spiro atoms. The summed E-state index contributed by atoms with van der Waals surface area (Å²) >= 11 is 0. The van der Waals surface area contributed by atoms with Crippen molar-refractivity contribution in [3.8, 4) is 0 Å². The molecule has 1 saturated heterocycles. The van der Waals surface area contributed by atoms with Gasteiger partial charge in [0.15, 0.2) is 0 Å². The number of rotatable bonds is 6. The summed E-state index contributed by atoms with van der Waals surface area (Å²) in [6.07, 6.45) is 4.03. The molecule has 4 heteroatoms. The fourth-order valence-electron chi connectivity index (χ4n) is 3.43. The molecule has 0 saturated carbocycles. The van der Waals surface area contributed by atoms with Crippen molar-refractivity contribution in [1.29, 1.82) is 0 Å². The van der Waals surface area contributed by atoms with E-state index in [2.05, 4.69) is 17.4 Å². The van der Waals surface area contributed by atoms with E-state index in [9.17, 15) is 9.59 Å². The summed E-state index contributed by atoms with van der Waals surface area (Å²) in [7, 11) is 0. The first kappa shape index (κ1) is 18.2. The van der Waals surface area contributed by atoms with Crippen LogP contribution in [0.25, 0.3) is 0 Å². The quantitative estimate of drug-likeness (QED) is 0.859. The van der Waals surface area contributed by atoms with Crippen molar-refractivity contribution in [3.63, 3.8) is 0 Å². The van der Waals surface area contributed by atoms with Gasteiger partial charge >= 0.3 is 0 Å². The number of carbonyl (C=O) groups excluding carboxylic acids is 2. The maximum atomic E-state index is 12.5. The molecule has 4 nitrogen and oxygen atoms in total. The van der Waals surface area contributed by atoms with Gasteiger partial charge in [-0.2, -0.15) is 0 Å². The Morgan fingerprint density at radius 2 is 1.69 bits per heavy atom. The lowest BCUT2D eigenvalue weighted by Crippen LogP contribution is -2.43. The number of aryl methyl sites for hydroxylation is 1. The van der Waals surface area contributed by atoms with Gasteiger partial charge in [0.05, 0.1) is 5.92 Å². The van der Waals surface area contributed by atoms with Crippen molar-refractivity contribution in [1.82, 2.24) is 4.90 Å². The number of likely N-dealkylation sites (tertiary alicyclic amines) is 1. The minimum atomic E-state index is -0.123. The van der Waals surface area contributed by atoms with Crippen LogP contribution in [0.4, 0.5) is 5.69 Å². The summed E-state index contributed by atoms with van der Waals surface area (Å²) in [6, 6.07) is 19.7. The number of hydrogen-bond donors (Lipinski definition) is 1. The Hall–Kier alpha value is -2.62. The van der Waals surface area contributed by atoms with Gasteiger partial charge in [-0.15, -0.1) is 0 Å². The highest BCUT2D eigenvalue weighted by atomic mass is 16.2. The molecule has 136 valence electrons. The summed E-state index contributed by atoms with van der Waals surface area (Å²) in [5.74, 6) is 0.0538. The fourth-order valence-corrected chi connectivity index (χ4v) is 3.43. The smallest absolute Gasteiger partial charge is 0.229 e. The molecular weight excluding hydrogens is 324 g/mol. The number of anilines is 1. The zero-order valence-corrected chi connectivity index (χ0v) is 15.1. The van der Waals surface area contributed by atoms with Gasteiger partial charge in [-0.05, 0) is 43.4 Å². The maximum Gasteiger partial charge on any atom is 0.229 e. The summed E-state index contributed by atoms with van der Waals surface area (Å²) < 4.78 is 0. The second-order valence-electron chi connectivity index (χ2n) is 6.87. The van der Waals surface area contributed by atoms with Crippen LogP contribution in [-0.4, -0.2) is 29.8 Å². The lowest BCUT2D eigenvalue weighted by Gasteiger charge is -2.32. The molecule has 0 aliphatic carbocycles. The summed E-state index contributed by atoms with van der Waals surface area (Å²) in [4.78, 5) is 26.9. The second-order valence-corrected chi connectivity index (χ2v) is 6.87. The lowest BCUT2D eigenvalue weighted by atomic mass is 9.96. The molecule has 2 amide bonds. The van der Waals surface area contributed by atoms with E-state index < -0.39 is 0 Å². The highest BCUT2D eigenvalue weighted by Gasteiger charge is 2.28. The third-order valence-corrected chi connectivity index (χ3v) is 4.89. The predicted octanol–water partition coefficient (Wildman–Crippen LogP) is 3.89. The van der Waals surface area contributed by atoms with E-state index in [1.807, 2.05) is 53.4 Å². The largest absolute Gasteiger partial charge is 0.342 e. The third-order valence-electron chi connectivity index (χ3n) is 4.89. The summed E-state index contributed by atoms with van der Waals surface area (Å²) in [5, 5.41) is 2.96. The molecule has 0 aromatic heterocycles. The van der Waals surface area contributed by atoms with Crippen LogP contribution in [0.1, 0.15) is 31.2 Å². The van der Waals surface area contributed by atoms with E-state index in [0.717, 1.165) is 37.9 Å². The van der Waals surface area contributed by atoms with E-state index in [0.29, 0.717) is 13.0 Å². The molecule has 1 N–H and O–H groups in total. The van der Waals surface area contributed by atoms with Crippen molar-refractivity contribution < 1.29 is 9.59 Å². The molecule has 1 fully saturated rings. The third kappa shape index (κ3) is 5.19. The molecule has 1 unspecified atom stereocenters. The zero-order chi connectivity index (χ0) is 18.2. The standard InChI is InChI=1S/C22H26N2O2/c25-21(15-7-11-18-9-3-1-4-10-18)24-16-8-12-19(17-24)22(26)23-20-13-5-2-6-14-20/h1-6,9-10,13-14,19H,7-8,11-12,15-17H2,(H,23,26). The average molecular weight is 350 g/mol. The topological polar surface area (TPSA) is 49.4 Å². The Balaban J connectivity index is 1.46. The Kier molecular flexibility index (Phi) is 6.42. The van der Waals surface area contributed by atoms with Gasteiger partial charge in [0.1, 0.15) is 0 Å². The Morgan fingerprint density at radius 1 is 1.00 bits per heavy atom. The number of benzene rings is 2. The van der Waals surface area contributed by atoms with Crippen LogP contribution in [0.3, 0.4) is 0 Å². The Morgan fingerprint density at radius 3 is 2.42 bits per heavy atom. The maximum absolute atomic E-state index is 12.5. The molecule has 1 aliphatic rings. The molecule has 2 aromatic carbocycles. The van der Waals surface area contributed by atoms with Crippen molar-refractivity contribution in [2.75, 3.05) is 18.4 Å². The highest BCUT2D eigenvalue weighted by Crippen LogP contribution is 2.20. The Bertz CT molecular complexity index is 715. The average Bonchev–Trinajstić information content (AvgIpc) is 2.69. The van der Waals surface area contributed by atoms with Crippen LogP contribution in [0.15, 0.2) is 60.7 Å². The van der Waals surface area contributed by atoms with Gasteiger partial charge in [0.25, 0.3) is 0 Å². The summed E-state index contributed by atoms with van der Waals surface area (Å²) in [5.41, 5.74) is 2.07. The van der Waals surface area contributed by atoms with Crippen molar-refractivity contribution in [2.45, 2.75) is 32.1 Å². The number of nitrogens with zero attached hydrogens (tertiary/aromatic N) is 1. The molecule has 3 rings (SSSR count). The summed E-state index contributed by atoms with van der Waals surface area (Å²) in [6.45, 7) is 1.29. The van der Waals surface area contributed by atoms with Crippen molar-refractivity contribution in [2.24, 2.45) is 5.92 Å². The second kappa shape index (κ2) is 9.18. The predicted molar refractivity (Wildman–Crippen MR) is 104 cm³/mol. The minimum Gasteiger partial charge on any atom is -0.342 e. The minimum absolute atomic E-state index is 0.0120. The van der Waals surface area contributed by atoms with Crippen LogP contribution in [0.5, 0.6) is 0 Å². The van der Waals surface area contributed by atoms with Gasteiger partial charge in [-0.3, -0.25) is 9.59 Å². The molecule has 2 aromatic rings. The SMILES string of the molecule is O=C(Nc1ccccc1)C1CCCN(C(=O)CCCc2ccccc2)C1. The number of nitrogens with one attached hydrogen (secondary N) is 1. The van der Waals surface area contributed by atoms with Gasteiger partial charge in [-0.25, -0.2) is 0 Å². The van der Waals surface area contributed by atoms with E-state index in [1.165, 1.54) is 5.56 Å². The van der Waals surface area contributed by atoms with Crippen LogP contribution < -0.4 is 5.32 Å². The van der Waals surface area contributed by atoms with E-state index in [-0.39, 0.29) is 17.7 Å². The molecule has 1 aliphatic heterocycles. The molecule has 26 heavy (non-hydrogen) atoms. The van der Waals surface area contributed by atoms with Gasteiger partial charge < -0.3 is 10.2 Å². The van der Waals surface area contributed by atoms with E-state index in [4.69, 9.17) is 0 Å². The van der Waals surface area contributed by atoms with Crippen molar-refractivity contribution >= 4 is 17.5 Å². The first-order valence-electron chi connectivity index (χ1n) is 9.40. The zero-order valence-electron chi connectivity index (χ0n) is 15.1. The van der Waals surface area contributed by atoms with Crippen molar-refractivity contribution in [3.05, 3.63) is 66.2 Å². The highest BCUT2D eigenvalue weighted by molar-refractivity contribution is 5.93. The number of hydrogen-bond acceptors (Lipinski definition) is 2. The number of amides is 2. The number of para-hydroxylation sites is 1. The first-order valence-corrected chi connectivity index (χ1v) is 9.40. The molecule has 0 radical (unpaired) electrons. The molecule has 1 atom stereocenters. The first-order chi connectivity index (χ1) is 12.7. The van der Waals surface area contributed by atoms with Gasteiger partial charge in [0.2, 0.25) is 11.8 Å². The molecule has 0 bridgehead atoms.